The van der Waals surface area contributed by atoms with Gasteiger partial charge < -0.3 is 0 Å². The van der Waals surface area contributed by atoms with Gasteiger partial charge in [-0.05, 0) is 31.9 Å². The van der Waals surface area contributed by atoms with Gasteiger partial charge in [0.15, 0.2) is 0 Å². The average Bonchev–Trinajstić information content (AvgIpc) is 2.67. The van der Waals surface area contributed by atoms with Crippen molar-refractivity contribution in [1.82, 2.24) is 5.32 Å². The molecule has 0 amide bonds. The molecule has 0 bridgehead atoms. The van der Waals surface area contributed by atoms with E-state index in [0.717, 1.165) is 24.9 Å². The number of aryl methyl sites for hydroxylation is 1. The lowest BCUT2D eigenvalue weighted by Crippen LogP contribution is -2.34. The van der Waals surface area contributed by atoms with E-state index in [-0.39, 0.29) is 0 Å². The predicted octanol–water partition coefficient (Wildman–Crippen LogP) is 2.10. The first-order chi connectivity index (χ1) is 6.77. The third-order valence-electron chi connectivity index (χ3n) is 2.86. The molecule has 1 unspecified atom stereocenters. The Kier molecular flexibility index (Phi) is 2.26. The summed E-state index contributed by atoms with van der Waals surface area (Å²) >= 11 is 0. The highest BCUT2D eigenvalue weighted by Crippen LogP contribution is 2.30. The van der Waals surface area contributed by atoms with Crippen LogP contribution in [0.4, 0.5) is 0 Å². The summed E-state index contributed by atoms with van der Waals surface area (Å²) in [6.45, 7) is 3.00. The summed E-state index contributed by atoms with van der Waals surface area (Å²) in [7, 11) is 0. The molecule has 1 aliphatic heterocycles. The van der Waals surface area contributed by atoms with E-state index >= 15 is 0 Å². The number of hydrogen-bond acceptors (Lipinski definition) is 2. The predicted molar refractivity (Wildman–Crippen MR) is 55.7 cm³/mol. The Hall–Kier alpha value is -1.33. The lowest BCUT2D eigenvalue weighted by Gasteiger charge is -2.21. The van der Waals surface area contributed by atoms with E-state index in [0.29, 0.717) is 0 Å². The fourth-order valence-electron chi connectivity index (χ4n) is 2.06. The van der Waals surface area contributed by atoms with E-state index in [4.69, 9.17) is 0 Å². The maximum absolute atomic E-state index is 9.25. The number of nitriles is 1. The Balaban J connectivity index is 2.42. The van der Waals surface area contributed by atoms with Crippen molar-refractivity contribution in [2.24, 2.45) is 0 Å². The second kappa shape index (κ2) is 3.43. The average molecular weight is 186 g/mol. The second-order valence-corrected chi connectivity index (χ2v) is 3.92. The maximum Gasteiger partial charge on any atom is 0.132 e. The maximum atomic E-state index is 9.25. The number of nitrogens with one attached hydrogen (secondary N) is 1. The second-order valence-electron chi connectivity index (χ2n) is 3.92. The van der Waals surface area contributed by atoms with Crippen molar-refractivity contribution < 1.29 is 0 Å². The monoisotopic (exact) mass is 186 g/mol. The fraction of sp³-hybridized carbons (Fsp3) is 0.417. The Morgan fingerprint density at radius 3 is 2.93 bits per heavy atom. The van der Waals surface area contributed by atoms with Gasteiger partial charge in [-0.15, -0.1) is 0 Å². The van der Waals surface area contributed by atoms with E-state index in [9.17, 15) is 5.26 Å². The van der Waals surface area contributed by atoms with Crippen LogP contribution in [-0.2, 0) is 5.54 Å². The smallest absolute Gasteiger partial charge is 0.132 e. The third kappa shape index (κ3) is 1.40. The highest BCUT2D eigenvalue weighted by Gasteiger charge is 2.35. The zero-order valence-electron chi connectivity index (χ0n) is 8.38. The normalized spacial score (nSPS) is 26.0. The van der Waals surface area contributed by atoms with Gasteiger partial charge in [-0.3, -0.25) is 5.32 Å². The van der Waals surface area contributed by atoms with Crippen LogP contribution in [0.5, 0.6) is 0 Å². The lowest BCUT2D eigenvalue weighted by molar-refractivity contribution is 0.509. The quantitative estimate of drug-likeness (QED) is 0.729. The summed E-state index contributed by atoms with van der Waals surface area (Å²) in [6.07, 6.45) is 2.01. The van der Waals surface area contributed by atoms with Gasteiger partial charge in [-0.1, -0.05) is 29.8 Å². The van der Waals surface area contributed by atoms with Crippen LogP contribution >= 0.6 is 0 Å². The Morgan fingerprint density at radius 1 is 1.50 bits per heavy atom. The number of rotatable bonds is 1. The summed E-state index contributed by atoms with van der Waals surface area (Å²) in [4.78, 5) is 0. The van der Waals surface area contributed by atoms with Gasteiger partial charge in [0.25, 0.3) is 0 Å². The number of nitrogens with zero attached hydrogens (tertiary/aromatic N) is 1. The summed E-state index contributed by atoms with van der Waals surface area (Å²) < 4.78 is 0. The van der Waals surface area contributed by atoms with Crippen molar-refractivity contribution in [3.63, 3.8) is 0 Å². The molecule has 1 aliphatic rings. The van der Waals surface area contributed by atoms with E-state index in [1.807, 2.05) is 12.1 Å². The molecule has 1 heterocycles. The van der Waals surface area contributed by atoms with Crippen LogP contribution < -0.4 is 5.32 Å². The molecule has 1 aromatic carbocycles. The molecular formula is C12H14N2. The molecule has 1 saturated heterocycles. The van der Waals surface area contributed by atoms with E-state index in [1.54, 1.807) is 0 Å². The zero-order chi connectivity index (χ0) is 10.0. The first-order valence-electron chi connectivity index (χ1n) is 5.00. The molecular weight excluding hydrogens is 172 g/mol. The number of benzene rings is 1. The van der Waals surface area contributed by atoms with Crippen LogP contribution in [0.15, 0.2) is 24.3 Å². The van der Waals surface area contributed by atoms with Gasteiger partial charge in [-0.2, -0.15) is 5.26 Å². The van der Waals surface area contributed by atoms with Gasteiger partial charge in [0.05, 0.1) is 6.07 Å². The van der Waals surface area contributed by atoms with Crippen LogP contribution in [0.1, 0.15) is 24.0 Å². The number of hydrogen-bond donors (Lipinski definition) is 1. The van der Waals surface area contributed by atoms with Crippen LogP contribution in [0.3, 0.4) is 0 Å². The molecule has 0 aromatic heterocycles. The highest BCUT2D eigenvalue weighted by atomic mass is 15.0. The Labute approximate surface area is 84.6 Å². The molecule has 72 valence electrons. The van der Waals surface area contributed by atoms with Crippen LogP contribution in [-0.4, -0.2) is 6.54 Å². The first-order valence-corrected chi connectivity index (χ1v) is 5.00. The molecule has 2 rings (SSSR count). The SMILES string of the molecule is Cc1cccc(C2(C#N)CCCN2)c1. The van der Waals surface area contributed by atoms with Crippen LogP contribution in [0, 0.1) is 18.3 Å². The molecule has 1 aromatic rings. The minimum atomic E-state index is -0.425. The van der Waals surface area contributed by atoms with Gasteiger partial charge in [-0.25, -0.2) is 0 Å². The molecule has 1 fully saturated rings. The molecule has 1 N–H and O–H groups in total. The molecule has 2 heteroatoms. The zero-order valence-corrected chi connectivity index (χ0v) is 8.38. The van der Waals surface area contributed by atoms with E-state index < -0.39 is 5.54 Å². The van der Waals surface area contributed by atoms with E-state index in [1.165, 1.54) is 5.56 Å². The largest absolute Gasteiger partial charge is 0.296 e. The Bertz CT molecular complexity index is 370. The minimum absolute atomic E-state index is 0.425. The molecule has 1 atom stereocenters. The van der Waals surface area contributed by atoms with Crippen molar-refractivity contribution in [3.05, 3.63) is 35.4 Å². The molecule has 2 nitrogen and oxygen atoms in total. The first kappa shape index (κ1) is 9.23. The molecule has 0 aliphatic carbocycles. The highest BCUT2D eigenvalue weighted by molar-refractivity contribution is 5.35. The molecule has 0 saturated carbocycles. The summed E-state index contributed by atoms with van der Waals surface area (Å²) in [5, 5.41) is 12.6. The molecule has 14 heavy (non-hydrogen) atoms. The van der Waals surface area contributed by atoms with Crippen molar-refractivity contribution in [2.45, 2.75) is 25.3 Å². The fourth-order valence-corrected chi connectivity index (χ4v) is 2.06. The van der Waals surface area contributed by atoms with Gasteiger partial charge in [0.1, 0.15) is 5.54 Å². The topological polar surface area (TPSA) is 35.8 Å². The van der Waals surface area contributed by atoms with Gasteiger partial charge >= 0.3 is 0 Å². The summed E-state index contributed by atoms with van der Waals surface area (Å²) in [5.74, 6) is 0. The van der Waals surface area contributed by atoms with Crippen molar-refractivity contribution >= 4 is 0 Å². The van der Waals surface area contributed by atoms with Crippen molar-refractivity contribution in [2.75, 3.05) is 6.54 Å². The van der Waals surface area contributed by atoms with Gasteiger partial charge in [0, 0.05) is 0 Å². The minimum Gasteiger partial charge on any atom is -0.296 e. The summed E-state index contributed by atoms with van der Waals surface area (Å²) in [5.41, 5.74) is 1.90. The van der Waals surface area contributed by atoms with Crippen LogP contribution in [0.25, 0.3) is 0 Å². The standard InChI is InChI=1S/C12H14N2/c1-10-4-2-5-11(8-10)12(9-13)6-3-7-14-12/h2,4-5,8,14H,3,6-7H2,1H3. The van der Waals surface area contributed by atoms with Crippen molar-refractivity contribution in [3.8, 4) is 6.07 Å². The van der Waals surface area contributed by atoms with Gasteiger partial charge in [0.2, 0.25) is 0 Å². The molecule has 0 radical (unpaired) electrons. The summed E-state index contributed by atoms with van der Waals surface area (Å²) in [6, 6.07) is 10.6. The van der Waals surface area contributed by atoms with Crippen LogP contribution in [0.2, 0.25) is 0 Å². The van der Waals surface area contributed by atoms with E-state index in [2.05, 4.69) is 30.4 Å². The Morgan fingerprint density at radius 2 is 2.36 bits per heavy atom. The van der Waals surface area contributed by atoms with Crippen molar-refractivity contribution in [1.29, 1.82) is 5.26 Å². The third-order valence-corrected chi connectivity index (χ3v) is 2.86. The molecule has 0 spiro atoms. The lowest BCUT2D eigenvalue weighted by atomic mass is 9.89.